The Balaban J connectivity index is 2.00. The zero-order chi connectivity index (χ0) is 15.2. The SMILES string of the molecule is CCC(C(=O)Nc1nccs1)N(C)Cc1ccnc(C)c1. The number of nitrogens with zero attached hydrogens (tertiary/aromatic N) is 3. The highest BCUT2D eigenvalue weighted by Gasteiger charge is 2.22. The summed E-state index contributed by atoms with van der Waals surface area (Å²) in [5.41, 5.74) is 2.15. The molecular formula is C15H20N4OS. The van der Waals surface area contributed by atoms with Crippen molar-refractivity contribution in [2.75, 3.05) is 12.4 Å². The number of hydrogen-bond acceptors (Lipinski definition) is 5. The van der Waals surface area contributed by atoms with Crippen LogP contribution in [0.4, 0.5) is 5.13 Å². The van der Waals surface area contributed by atoms with Crippen molar-refractivity contribution in [3.05, 3.63) is 41.2 Å². The van der Waals surface area contributed by atoms with Crippen LogP contribution in [0.25, 0.3) is 0 Å². The van der Waals surface area contributed by atoms with E-state index in [4.69, 9.17) is 0 Å². The fourth-order valence-corrected chi connectivity index (χ4v) is 2.80. The zero-order valence-corrected chi connectivity index (χ0v) is 13.4. The lowest BCUT2D eigenvalue weighted by atomic mass is 10.1. The molecule has 2 aromatic heterocycles. The van der Waals surface area contributed by atoms with Crippen LogP contribution in [0.1, 0.15) is 24.6 Å². The molecule has 0 saturated heterocycles. The molecule has 0 saturated carbocycles. The lowest BCUT2D eigenvalue weighted by Crippen LogP contribution is -2.41. The van der Waals surface area contributed by atoms with E-state index in [2.05, 4.69) is 20.2 Å². The molecule has 0 aliphatic carbocycles. The number of carbonyl (C=O) groups excluding carboxylic acids is 1. The Bertz CT molecular complexity index is 585. The molecule has 1 amide bonds. The topological polar surface area (TPSA) is 58.1 Å². The van der Waals surface area contributed by atoms with Crippen LogP contribution in [0.3, 0.4) is 0 Å². The van der Waals surface area contributed by atoms with E-state index in [1.54, 1.807) is 12.4 Å². The molecule has 1 N–H and O–H groups in total. The molecule has 2 heterocycles. The molecule has 0 spiro atoms. The van der Waals surface area contributed by atoms with Gasteiger partial charge in [0.15, 0.2) is 5.13 Å². The van der Waals surface area contributed by atoms with Crippen LogP contribution in [-0.2, 0) is 11.3 Å². The Labute approximate surface area is 129 Å². The van der Waals surface area contributed by atoms with E-state index in [0.29, 0.717) is 11.7 Å². The minimum atomic E-state index is -0.178. The quantitative estimate of drug-likeness (QED) is 0.891. The Morgan fingerprint density at radius 1 is 1.43 bits per heavy atom. The molecule has 21 heavy (non-hydrogen) atoms. The van der Waals surface area contributed by atoms with Crippen LogP contribution in [0.15, 0.2) is 29.9 Å². The van der Waals surface area contributed by atoms with Gasteiger partial charge in [-0.1, -0.05) is 6.92 Å². The van der Waals surface area contributed by atoms with Crippen molar-refractivity contribution in [3.63, 3.8) is 0 Å². The largest absolute Gasteiger partial charge is 0.301 e. The van der Waals surface area contributed by atoms with Gasteiger partial charge in [0.2, 0.25) is 5.91 Å². The second kappa shape index (κ2) is 7.28. The third kappa shape index (κ3) is 4.34. The first-order chi connectivity index (χ1) is 10.1. The van der Waals surface area contributed by atoms with Crippen LogP contribution in [0.5, 0.6) is 0 Å². The van der Waals surface area contributed by atoms with Gasteiger partial charge in [-0.15, -0.1) is 11.3 Å². The van der Waals surface area contributed by atoms with E-state index in [-0.39, 0.29) is 11.9 Å². The molecule has 112 valence electrons. The first-order valence-electron chi connectivity index (χ1n) is 6.92. The lowest BCUT2D eigenvalue weighted by Gasteiger charge is -2.25. The second-order valence-electron chi connectivity index (χ2n) is 4.97. The summed E-state index contributed by atoms with van der Waals surface area (Å²) in [7, 11) is 1.96. The molecule has 2 rings (SSSR count). The van der Waals surface area contributed by atoms with Crippen molar-refractivity contribution in [2.24, 2.45) is 0 Å². The van der Waals surface area contributed by atoms with Crippen LogP contribution in [-0.4, -0.2) is 33.9 Å². The molecule has 0 radical (unpaired) electrons. The van der Waals surface area contributed by atoms with Crippen LogP contribution < -0.4 is 5.32 Å². The predicted molar refractivity (Wildman–Crippen MR) is 85.3 cm³/mol. The van der Waals surface area contributed by atoms with E-state index < -0.39 is 0 Å². The minimum absolute atomic E-state index is 0.0132. The summed E-state index contributed by atoms with van der Waals surface area (Å²) in [6, 6.07) is 3.85. The van der Waals surface area contributed by atoms with Gasteiger partial charge < -0.3 is 5.32 Å². The average molecular weight is 304 g/mol. The summed E-state index contributed by atoms with van der Waals surface area (Å²) in [5.74, 6) is -0.0132. The van der Waals surface area contributed by atoms with E-state index >= 15 is 0 Å². The Kier molecular flexibility index (Phi) is 5.41. The Morgan fingerprint density at radius 3 is 2.86 bits per heavy atom. The Morgan fingerprint density at radius 2 is 2.24 bits per heavy atom. The first-order valence-corrected chi connectivity index (χ1v) is 7.80. The maximum Gasteiger partial charge on any atom is 0.243 e. The molecule has 0 bridgehead atoms. The van der Waals surface area contributed by atoms with Gasteiger partial charge in [-0.05, 0) is 38.1 Å². The standard InChI is InChI=1S/C15H20N4OS/c1-4-13(14(20)18-15-17-7-8-21-15)19(3)10-12-5-6-16-11(2)9-12/h5-9,13H,4,10H2,1-3H3,(H,17,18,20). The van der Waals surface area contributed by atoms with Crippen molar-refractivity contribution >= 4 is 22.4 Å². The summed E-state index contributed by atoms with van der Waals surface area (Å²) >= 11 is 1.43. The molecule has 0 aromatic carbocycles. The van der Waals surface area contributed by atoms with Crippen molar-refractivity contribution in [1.29, 1.82) is 0 Å². The summed E-state index contributed by atoms with van der Waals surface area (Å²) < 4.78 is 0. The molecule has 0 fully saturated rings. The lowest BCUT2D eigenvalue weighted by molar-refractivity contribution is -0.121. The summed E-state index contributed by atoms with van der Waals surface area (Å²) in [4.78, 5) is 22.7. The Hall–Kier alpha value is -1.79. The summed E-state index contributed by atoms with van der Waals surface area (Å²) in [6.07, 6.45) is 4.23. The number of likely N-dealkylation sites (N-methyl/N-ethyl adjacent to an activating group) is 1. The first kappa shape index (κ1) is 15.6. The van der Waals surface area contributed by atoms with Crippen LogP contribution in [0.2, 0.25) is 0 Å². The van der Waals surface area contributed by atoms with E-state index in [1.807, 2.05) is 38.4 Å². The van der Waals surface area contributed by atoms with Gasteiger partial charge >= 0.3 is 0 Å². The van der Waals surface area contributed by atoms with Crippen LogP contribution >= 0.6 is 11.3 Å². The normalized spacial score (nSPS) is 12.4. The molecule has 1 unspecified atom stereocenters. The summed E-state index contributed by atoms with van der Waals surface area (Å²) in [6.45, 7) is 4.70. The molecule has 2 aromatic rings. The van der Waals surface area contributed by atoms with Gasteiger partial charge in [0, 0.05) is 30.0 Å². The van der Waals surface area contributed by atoms with Gasteiger partial charge in [-0.2, -0.15) is 0 Å². The highest BCUT2D eigenvalue weighted by Crippen LogP contribution is 2.14. The molecular weight excluding hydrogens is 284 g/mol. The molecule has 6 heteroatoms. The average Bonchev–Trinajstić information content (AvgIpc) is 2.92. The number of hydrogen-bond donors (Lipinski definition) is 1. The van der Waals surface area contributed by atoms with Gasteiger partial charge in [-0.3, -0.25) is 14.7 Å². The number of anilines is 1. The van der Waals surface area contributed by atoms with E-state index in [0.717, 1.165) is 17.7 Å². The van der Waals surface area contributed by atoms with Crippen molar-refractivity contribution in [1.82, 2.24) is 14.9 Å². The maximum absolute atomic E-state index is 12.3. The number of carbonyl (C=O) groups is 1. The van der Waals surface area contributed by atoms with Gasteiger partial charge in [0.05, 0.1) is 6.04 Å². The number of aryl methyl sites for hydroxylation is 1. The maximum atomic E-state index is 12.3. The highest BCUT2D eigenvalue weighted by molar-refractivity contribution is 7.13. The number of amides is 1. The van der Waals surface area contributed by atoms with Gasteiger partial charge in [0.1, 0.15) is 0 Å². The summed E-state index contributed by atoms with van der Waals surface area (Å²) in [5, 5.41) is 5.36. The van der Waals surface area contributed by atoms with E-state index in [9.17, 15) is 4.79 Å². The number of nitrogens with one attached hydrogen (secondary N) is 1. The predicted octanol–water partition coefficient (Wildman–Crippen LogP) is 2.70. The number of thiazole rings is 1. The fourth-order valence-electron chi connectivity index (χ4n) is 2.27. The van der Waals surface area contributed by atoms with Gasteiger partial charge in [0.25, 0.3) is 0 Å². The molecule has 0 aliphatic rings. The molecule has 1 atom stereocenters. The number of aromatic nitrogens is 2. The number of pyridine rings is 1. The van der Waals surface area contributed by atoms with Gasteiger partial charge in [-0.25, -0.2) is 4.98 Å². The number of rotatable bonds is 6. The fraction of sp³-hybridized carbons (Fsp3) is 0.400. The molecule has 5 nitrogen and oxygen atoms in total. The monoisotopic (exact) mass is 304 g/mol. The van der Waals surface area contributed by atoms with Crippen molar-refractivity contribution < 1.29 is 4.79 Å². The smallest absolute Gasteiger partial charge is 0.243 e. The minimum Gasteiger partial charge on any atom is -0.301 e. The molecule has 0 aliphatic heterocycles. The second-order valence-corrected chi connectivity index (χ2v) is 5.87. The highest BCUT2D eigenvalue weighted by atomic mass is 32.1. The van der Waals surface area contributed by atoms with Crippen LogP contribution in [0, 0.1) is 6.92 Å². The van der Waals surface area contributed by atoms with Crippen molar-refractivity contribution in [2.45, 2.75) is 32.9 Å². The van der Waals surface area contributed by atoms with E-state index in [1.165, 1.54) is 11.3 Å². The third-order valence-electron chi connectivity index (χ3n) is 3.28. The third-order valence-corrected chi connectivity index (χ3v) is 3.97. The zero-order valence-electron chi connectivity index (χ0n) is 12.5. The van der Waals surface area contributed by atoms with Crippen molar-refractivity contribution in [3.8, 4) is 0 Å².